The predicted molar refractivity (Wildman–Crippen MR) is 85.0 cm³/mol. The molecule has 1 aromatic carbocycles. The second-order valence-electron chi connectivity index (χ2n) is 4.75. The third-order valence-electron chi connectivity index (χ3n) is 3.11. The van der Waals surface area contributed by atoms with Crippen LogP contribution in [-0.2, 0) is 6.42 Å². The van der Waals surface area contributed by atoms with E-state index in [1.54, 1.807) is 48.8 Å². The minimum absolute atomic E-state index is 0.193. The zero-order valence-corrected chi connectivity index (χ0v) is 12.8. The van der Waals surface area contributed by atoms with Gasteiger partial charge in [0.05, 0.1) is 0 Å². The first-order valence-corrected chi connectivity index (χ1v) is 7.37. The van der Waals surface area contributed by atoms with E-state index in [4.69, 9.17) is 16.0 Å². The van der Waals surface area contributed by atoms with Crippen molar-refractivity contribution in [1.29, 1.82) is 0 Å². The molecule has 0 fully saturated rings. The number of pyridine rings is 1. The van der Waals surface area contributed by atoms with Gasteiger partial charge in [0.25, 0.3) is 5.91 Å². The average Bonchev–Trinajstić information content (AvgIpc) is 3.04. The van der Waals surface area contributed by atoms with Crippen LogP contribution < -0.4 is 5.32 Å². The highest BCUT2D eigenvalue weighted by Crippen LogP contribution is 2.16. The summed E-state index contributed by atoms with van der Waals surface area (Å²) < 4.78 is 5.55. The zero-order valence-electron chi connectivity index (χ0n) is 12.1. The molecule has 7 heteroatoms. The Morgan fingerprint density at radius 3 is 2.78 bits per heavy atom. The van der Waals surface area contributed by atoms with E-state index < -0.39 is 0 Å². The van der Waals surface area contributed by atoms with Crippen molar-refractivity contribution >= 4 is 17.5 Å². The van der Waals surface area contributed by atoms with Crippen molar-refractivity contribution in [2.45, 2.75) is 6.42 Å². The maximum Gasteiger partial charge on any atom is 0.251 e. The van der Waals surface area contributed by atoms with Gasteiger partial charge in [0.2, 0.25) is 11.8 Å². The normalized spacial score (nSPS) is 10.5. The first-order chi connectivity index (χ1) is 11.2. The number of nitrogens with zero attached hydrogens (tertiary/aromatic N) is 3. The van der Waals surface area contributed by atoms with Crippen molar-refractivity contribution in [3.8, 4) is 11.5 Å². The quantitative estimate of drug-likeness (QED) is 0.779. The number of hydrogen-bond donors (Lipinski definition) is 1. The molecule has 3 aromatic rings. The van der Waals surface area contributed by atoms with Crippen molar-refractivity contribution in [2.75, 3.05) is 6.54 Å². The van der Waals surface area contributed by atoms with Gasteiger partial charge in [-0.15, -0.1) is 10.2 Å². The SMILES string of the molecule is O=C(NCCc1nnc(-c2ccncc2)o1)c1cccc(Cl)c1. The fourth-order valence-corrected chi connectivity index (χ4v) is 2.17. The lowest BCUT2D eigenvalue weighted by Gasteiger charge is -2.03. The van der Waals surface area contributed by atoms with Gasteiger partial charge in [-0.25, -0.2) is 0 Å². The molecular weight excluding hydrogens is 316 g/mol. The Morgan fingerprint density at radius 2 is 2.00 bits per heavy atom. The Bertz CT molecular complexity index is 805. The van der Waals surface area contributed by atoms with E-state index >= 15 is 0 Å². The van der Waals surface area contributed by atoms with E-state index in [2.05, 4.69) is 20.5 Å². The number of aromatic nitrogens is 3. The molecule has 0 atom stereocenters. The molecule has 0 saturated carbocycles. The van der Waals surface area contributed by atoms with Gasteiger partial charge in [-0.3, -0.25) is 9.78 Å². The van der Waals surface area contributed by atoms with E-state index in [1.165, 1.54) is 0 Å². The number of hydrogen-bond acceptors (Lipinski definition) is 5. The fraction of sp³-hybridized carbons (Fsp3) is 0.125. The molecule has 6 nitrogen and oxygen atoms in total. The molecule has 3 rings (SSSR count). The van der Waals surface area contributed by atoms with Crippen LogP contribution in [0.4, 0.5) is 0 Å². The molecule has 116 valence electrons. The number of rotatable bonds is 5. The van der Waals surface area contributed by atoms with Gasteiger partial charge in [-0.2, -0.15) is 0 Å². The molecule has 23 heavy (non-hydrogen) atoms. The third kappa shape index (κ3) is 3.92. The summed E-state index contributed by atoms with van der Waals surface area (Å²) in [7, 11) is 0. The first kappa shape index (κ1) is 15.2. The minimum Gasteiger partial charge on any atom is -0.421 e. The van der Waals surface area contributed by atoms with Gasteiger partial charge in [-0.1, -0.05) is 17.7 Å². The summed E-state index contributed by atoms with van der Waals surface area (Å²) in [5.74, 6) is 0.702. The van der Waals surface area contributed by atoms with Crippen LogP contribution in [0, 0.1) is 0 Å². The molecular formula is C16H13ClN4O2. The molecule has 1 N–H and O–H groups in total. The summed E-state index contributed by atoms with van der Waals surface area (Å²) >= 11 is 5.86. The highest BCUT2D eigenvalue weighted by molar-refractivity contribution is 6.30. The number of carbonyl (C=O) groups excluding carboxylic acids is 1. The number of carbonyl (C=O) groups is 1. The summed E-state index contributed by atoms with van der Waals surface area (Å²) in [6, 6.07) is 10.4. The third-order valence-corrected chi connectivity index (χ3v) is 3.34. The second kappa shape index (κ2) is 7.02. The van der Waals surface area contributed by atoms with E-state index in [0.29, 0.717) is 35.3 Å². The average molecular weight is 329 g/mol. The molecule has 0 aliphatic rings. The Labute approximate surface area is 137 Å². The molecule has 0 unspecified atom stereocenters. The summed E-state index contributed by atoms with van der Waals surface area (Å²) in [6.07, 6.45) is 3.76. The number of benzene rings is 1. The van der Waals surface area contributed by atoms with Gasteiger partial charge in [0, 0.05) is 41.5 Å². The van der Waals surface area contributed by atoms with Gasteiger partial charge >= 0.3 is 0 Å². The van der Waals surface area contributed by atoms with E-state index in [0.717, 1.165) is 5.56 Å². The van der Waals surface area contributed by atoms with Crippen molar-refractivity contribution in [1.82, 2.24) is 20.5 Å². The lowest BCUT2D eigenvalue weighted by Crippen LogP contribution is -2.25. The topological polar surface area (TPSA) is 80.9 Å². The molecule has 0 spiro atoms. The molecule has 0 radical (unpaired) electrons. The molecule has 1 amide bonds. The maximum atomic E-state index is 12.0. The van der Waals surface area contributed by atoms with E-state index in [1.807, 2.05) is 0 Å². The first-order valence-electron chi connectivity index (χ1n) is 6.99. The van der Waals surface area contributed by atoms with Crippen LogP contribution in [0.1, 0.15) is 16.2 Å². The Hall–Kier alpha value is -2.73. The van der Waals surface area contributed by atoms with Crippen LogP contribution in [0.25, 0.3) is 11.5 Å². The largest absolute Gasteiger partial charge is 0.421 e. The van der Waals surface area contributed by atoms with Crippen LogP contribution in [0.3, 0.4) is 0 Å². The lowest BCUT2D eigenvalue weighted by molar-refractivity contribution is 0.0953. The standard InChI is InChI=1S/C16H13ClN4O2/c17-13-3-1-2-12(10-13)15(22)19-9-6-14-20-21-16(23-14)11-4-7-18-8-5-11/h1-5,7-8,10H,6,9H2,(H,19,22). The van der Waals surface area contributed by atoms with Crippen LogP contribution in [0.5, 0.6) is 0 Å². The van der Waals surface area contributed by atoms with Gasteiger partial charge in [-0.05, 0) is 30.3 Å². The van der Waals surface area contributed by atoms with Crippen molar-refractivity contribution in [3.05, 3.63) is 65.3 Å². The molecule has 2 heterocycles. The van der Waals surface area contributed by atoms with Gasteiger partial charge < -0.3 is 9.73 Å². The Morgan fingerprint density at radius 1 is 1.17 bits per heavy atom. The summed E-state index contributed by atoms with van der Waals surface area (Å²) in [5.41, 5.74) is 1.32. The monoisotopic (exact) mass is 328 g/mol. The lowest BCUT2D eigenvalue weighted by atomic mass is 10.2. The number of nitrogens with one attached hydrogen (secondary N) is 1. The minimum atomic E-state index is -0.193. The molecule has 2 aromatic heterocycles. The van der Waals surface area contributed by atoms with Crippen LogP contribution >= 0.6 is 11.6 Å². The predicted octanol–water partition coefficient (Wildman–Crippen LogP) is 2.76. The summed E-state index contributed by atoms with van der Waals surface area (Å²) in [6.45, 7) is 0.392. The molecule has 0 aliphatic carbocycles. The van der Waals surface area contributed by atoms with Crippen molar-refractivity contribution in [3.63, 3.8) is 0 Å². The van der Waals surface area contributed by atoms with Crippen LogP contribution in [0.2, 0.25) is 5.02 Å². The number of halogens is 1. The molecule has 0 saturated heterocycles. The van der Waals surface area contributed by atoms with Crippen LogP contribution in [0.15, 0.2) is 53.2 Å². The van der Waals surface area contributed by atoms with Crippen LogP contribution in [-0.4, -0.2) is 27.6 Å². The second-order valence-corrected chi connectivity index (χ2v) is 5.19. The van der Waals surface area contributed by atoms with Gasteiger partial charge in [0.1, 0.15) is 0 Å². The van der Waals surface area contributed by atoms with Crippen molar-refractivity contribution in [2.24, 2.45) is 0 Å². The molecule has 0 aliphatic heterocycles. The molecule has 0 bridgehead atoms. The summed E-state index contributed by atoms with van der Waals surface area (Å²) in [4.78, 5) is 15.9. The Balaban J connectivity index is 1.55. The van der Waals surface area contributed by atoms with E-state index in [-0.39, 0.29) is 5.91 Å². The Kier molecular flexibility index (Phi) is 4.63. The smallest absolute Gasteiger partial charge is 0.251 e. The van der Waals surface area contributed by atoms with Gasteiger partial charge in [0.15, 0.2) is 0 Å². The van der Waals surface area contributed by atoms with E-state index in [9.17, 15) is 4.79 Å². The highest BCUT2D eigenvalue weighted by Gasteiger charge is 2.09. The zero-order chi connectivity index (χ0) is 16.1. The highest BCUT2D eigenvalue weighted by atomic mass is 35.5. The number of amides is 1. The maximum absolute atomic E-state index is 12.0. The van der Waals surface area contributed by atoms with Crippen molar-refractivity contribution < 1.29 is 9.21 Å². The summed E-state index contributed by atoms with van der Waals surface area (Å²) in [5, 5.41) is 11.3. The fourth-order valence-electron chi connectivity index (χ4n) is 1.98.